The number of anilines is 1. The summed E-state index contributed by atoms with van der Waals surface area (Å²) in [5.41, 5.74) is 2.06. The largest absolute Gasteiger partial charge is 0.491 e. The highest BCUT2D eigenvalue weighted by molar-refractivity contribution is 6.32. The number of carbonyl (C=O) groups excluding carboxylic acids is 1. The first kappa shape index (κ1) is 19.4. The van der Waals surface area contributed by atoms with Gasteiger partial charge in [-0.3, -0.25) is 4.79 Å². The number of ether oxygens (including phenoxy) is 2. The lowest BCUT2D eigenvalue weighted by molar-refractivity contribution is -0.111. The van der Waals surface area contributed by atoms with Crippen molar-refractivity contribution >= 4 is 29.3 Å². The lowest BCUT2D eigenvalue weighted by Gasteiger charge is -2.11. The molecule has 3 aromatic rings. The van der Waals surface area contributed by atoms with Crippen molar-refractivity contribution in [1.29, 1.82) is 0 Å². The van der Waals surface area contributed by atoms with Crippen LogP contribution >= 0.6 is 11.6 Å². The first-order valence-electron chi connectivity index (χ1n) is 8.44. The number of halogens is 1. The van der Waals surface area contributed by atoms with Crippen LogP contribution in [-0.4, -0.2) is 40.2 Å². The maximum atomic E-state index is 12.3. The molecule has 28 heavy (non-hydrogen) atoms. The number of aromatic amines is 1. The number of methoxy groups -OCH3 is 1. The minimum Gasteiger partial charge on any atom is -0.491 e. The molecule has 0 saturated carbocycles. The van der Waals surface area contributed by atoms with E-state index in [9.17, 15) is 4.79 Å². The van der Waals surface area contributed by atoms with Gasteiger partial charge in [-0.25, -0.2) is 0 Å². The number of H-pyrrole nitrogens is 1. The molecular formula is C19H18ClN5O3. The summed E-state index contributed by atoms with van der Waals surface area (Å²) in [6, 6.07) is 10.6. The van der Waals surface area contributed by atoms with Crippen LogP contribution in [0.15, 0.2) is 42.5 Å². The number of amides is 1. The molecule has 3 rings (SSSR count). The maximum Gasteiger partial charge on any atom is 0.248 e. The number of benzene rings is 2. The van der Waals surface area contributed by atoms with Crippen LogP contribution in [0.25, 0.3) is 17.5 Å². The third-order valence-electron chi connectivity index (χ3n) is 3.70. The molecule has 1 amide bonds. The molecule has 8 nitrogen and oxygen atoms in total. The van der Waals surface area contributed by atoms with E-state index >= 15 is 0 Å². The van der Waals surface area contributed by atoms with Gasteiger partial charge in [-0.15, -0.1) is 10.2 Å². The molecule has 0 atom stereocenters. The second-order valence-corrected chi connectivity index (χ2v) is 6.01. The lowest BCUT2D eigenvalue weighted by Crippen LogP contribution is -2.07. The maximum absolute atomic E-state index is 12.3. The number of rotatable bonds is 7. The molecule has 0 fully saturated rings. The van der Waals surface area contributed by atoms with Crippen LogP contribution < -0.4 is 14.8 Å². The van der Waals surface area contributed by atoms with Gasteiger partial charge in [-0.2, -0.15) is 5.21 Å². The van der Waals surface area contributed by atoms with Crippen molar-refractivity contribution in [3.05, 3.63) is 53.1 Å². The molecule has 2 aromatic carbocycles. The average molecular weight is 400 g/mol. The van der Waals surface area contributed by atoms with E-state index in [2.05, 4.69) is 25.9 Å². The van der Waals surface area contributed by atoms with Crippen molar-refractivity contribution in [2.24, 2.45) is 0 Å². The van der Waals surface area contributed by atoms with Gasteiger partial charge < -0.3 is 14.8 Å². The van der Waals surface area contributed by atoms with Crippen molar-refractivity contribution < 1.29 is 14.3 Å². The van der Waals surface area contributed by atoms with Gasteiger partial charge in [0.25, 0.3) is 0 Å². The van der Waals surface area contributed by atoms with Crippen LogP contribution in [0.2, 0.25) is 5.02 Å². The van der Waals surface area contributed by atoms with Gasteiger partial charge in [-0.05, 0) is 48.0 Å². The van der Waals surface area contributed by atoms with Crippen molar-refractivity contribution in [3.8, 4) is 22.9 Å². The van der Waals surface area contributed by atoms with Crippen LogP contribution in [0.5, 0.6) is 11.5 Å². The second-order valence-electron chi connectivity index (χ2n) is 5.61. The Morgan fingerprint density at radius 1 is 1.32 bits per heavy atom. The minimum atomic E-state index is -0.296. The summed E-state index contributed by atoms with van der Waals surface area (Å²) in [6.45, 7) is 2.34. The number of tetrazole rings is 1. The summed E-state index contributed by atoms with van der Waals surface area (Å²) in [4.78, 5) is 12.3. The predicted octanol–water partition coefficient (Wildman–Crippen LogP) is 3.58. The molecule has 0 spiro atoms. The van der Waals surface area contributed by atoms with Crippen molar-refractivity contribution in [3.63, 3.8) is 0 Å². The first-order valence-corrected chi connectivity index (χ1v) is 8.81. The number of hydrogen-bond acceptors (Lipinski definition) is 6. The lowest BCUT2D eigenvalue weighted by atomic mass is 10.1. The van der Waals surface area contributed by atoms with E-state index < -0.39 is 0 Å². The van der Waals surface area contributed by atoms with Gasteiger partial charge in [0, 0.05) is 17.3 Å². The SMILES string of the molecule is CCOc1cc(/C=C/C(=O)Nc2cccc(-c3nn[nH]n3)c2)cc(Cl)c1OC. The third kappa shape index (κ3) is 4.66. The Labute approximate surface area is 166 Å². The Balaban J connectivity index is 1.73. The van der Waals surface area contributed by atoms with Crippen LogP contribution in [0.4, 0.5) is 5.69 Å². The molecule has 0 bridgehead atoms. The van der Waals surface area contributed by atoms with Gasteiger partial charge >= 0.3 is 0 Å². The summed E-state index contributed by atoms with van der Waals surface area (Å²) in [6.07, 6.45) is 3.06. The summed E-state index contributed by atoms with van der Waals surface area (Å²) in [5.74, 6) is 1.13. The molecule has 2 N–H and O–H groups in total. The van der Waals surface area contributed by atoms with E-state index in [1.54, 1.807) is 36.4 Å². The minimum absolute atomic E-state index is 0.296. The van der Waals surface area contributed by atoms with Gasteiger partial charge in [0.05, 0.1) is 18.7 Å². The van der Waals surface area contributed by atoms with Crippen LogP contribution in [0.3, 0.4) is 0 Å². The summed E-state index contributed by atoms with van der Waals surface area (Å²) >= 11 is 6.22. The van der Waals surface area contributed by atoms with E-state index in [4.69, 9.17) is 21.1 Å². The fraction of sp³-hybridized carbons (Fsp3) is 0.158. The van der Waals surface area contributed by atoms with E-state index in [0.29, 0.717) is 40.2 Å². The molecule has 144 valence electrons. The van der Waals surface area contributed by atoms with Gasteiger partial charge in [0.15, 0.2) is 11.5 Å². The number of carbonyl (C=O) groups is 1. The zero-order valence-corrected chi connectivity index (χ0v) is 16.0. The predicted molar refractivity (Wildman–Crippen MR) is 106 cm³/mol. The Hall–Kier alpha value is -3.39. The Morgan fingerprint density at radius 3 is 2.89 bits per heavy atom. The summed E-state index contributed by atoms with van der Waals surface area (Å²) in [7, 11) is 1.52. The average Bonchev–Trinajstić information content (AvgIpc) is 3.22. The Morgan fingerprint density at radius 2 is 2.18 bits per heavy atom. The number of hydrogen-bond donors (Lipinski definition) is 2. The number of nitrogens with zero attached hydrogens (tertiary/aromatic N) is 3. The number of nitrogens with one attached hydrogen (secondary N) is 2. The van der Waals surface area contributed by atoms with Crippen molar-refractivity contribution in [2.45, 2.75) is 6.92 Å². The topological polar surface area (TPSA) is 102 Å². The molecule has 0 radical (unpaired) electrons. The highest BCUT2D eigenvalue weighted by Gasteiger charge is 2.11. The molecule has 0 aliphatic heterocycles. The Kier molecular flexibility index (Phi) is 6.23. The zero-order chi connectivity index (χ0) is 19.9. The van der Waals surface area contributed by atoms with E-state index in [0.717, 1.165) is 5.56 Å². The molecule has 9 heteroatoms. The Bertz CT molecular complexity index is 989. The monoisotopic (exact) mass is 399 g/mol. The van der Waals surface area contributed by atoms with Crippen LogP contribution in [0, 0.1) is 0 Å². The fourth-order valence-corrected chi connectivity index (χ4v) is 2.82. The summed E-state index contributed by atoms with van der Waals surface area (Å²) < 4.78 is 10.8. The molecular weight excluding hydrogens is 382 g/mol. The molecule has 0 aliphatic carbocycles. The van der Waals surface area contributed by atoms with Crippen LogP contribution in [0.1, 0.15) is 12.5 Å². The molecule has 0 unspecified atom stereocenters. The van der Waals surface area contributed by atoms with Gasteiger partial charge in [-0.1, -0.05) is 23.7 Å². The number of aromatic nitrogens is 4. The molecule has 1 aromatic heterocycles. The summed E-state index contributed by atoms with van der Waals surface area (Å²) in [5, 5.41) is 17.0. The quantitative estimate of drug-likeness (QED) is 0.589. The van der Waals surface area contributed by atoms with E-state index in [1.165, 1.54) is 13.2 Å². The smallest absolute Gasteiger partial charge is 0.248 e. The molecule has 1 heterocycles. The van der Waals surface area contributed by atoms with Gasteiger partial charge in [0.1, 0.15) is 0 Å². The second kappa shape index (κ2) is 9.01. The standard InChI is InChI=1S/C19H18ClN5O3/c1-3-28-16-10-12(9-15(20)18(16)27-2)7-8-17(26)21-14-6-4-5-13(11-14)19-22-24-25-23-19/h4-11H,3H2,1-2H3,(H,21,26)(H,22,23,24,25)/b8-7+. The normalized spacial score (nSPS) is 10.8. The third-order valence-corrected chi connectivity index (χ3v) is 3.98. The van der Waals surface area contributed by atoms with Crippen LogP contribution in [-0.2, 0) is 4.79 Å². The van der Waals surface area contributed by atoms with Crippen molar-refractivity contribution in [1.82, 2.24) is 20.6 Å². The van der Waals surface area contributed by atoms with E-state index in [1.807, 2.05) is 13.0 Å². The highest BCUT2D eigenvalue weighted by Crippen LogP contribution is 2.36. The van der Waals surface area contributed by atoms with E-state index in [-0.39, 0.29) is 5.91 Å². The highest BCUT2D eigenvalue weighted by atomic mass is 35.5. The first-order chi connectivity index (χ1) is 13.6. The van der Waals surface area contributed by atoms with Crippen molar-refractivity contribution in [2.75, 3.05) is 19.0 Å². The fourth-order valence-electron chi connectivity index (χ4n) is 2.52. The zero-order valence-electron chi connectivity index (χ0n) is 15.3. The molecule has 0 aliphatic rings. The van der Waals surface area contributed by atoms with Gasteiger partial charge in [0.2, 0.25) is 11.7 Å². The molecule has 0 saturated heterocycles.